The number of nitrogens with zero attached hydrogens (tertiary/aromatic N) is 1. The first-order chi connectivity index (χ1) is 11.3. The lowest BCUT2D eigenvalue weighted by Gasteiger charge is -2.28. The largest absolute Gasteiger partial charge is 0.399 e. The predicted octanol–water partition coefficient (Wildman–Crippen LogP) is 3.64. The van der Waals surface area contributed by atoms with Gasteiger partial charge in [0, 0.05) is 24.7 Å². The minimum atomic E-state index is 0.0692. The summed E-state index contributed by atoms with van der Waals surface area (Å²) in [5.41, 5.74) is 9.07. The lowest BCUT2D eigenvalue weighted by molar-refractivity contribution is -0.129. The van der Waals surface area contributed by atoms with Crippen LogP contribution in [0.5, 0.6) is 0 Å². The SMILES string of the molecule is CN(CC1(c2ccccc2)CC1(C)C)C(=O)Cc1ccc(N)cc1. The summed E-state index contributed by atoms with van der Waals surface area (Å²) < 4.78 is 0. The molecule has 1 aliphatic rings. The summed E-state index contributed by atoms with van der Waals surface area (Å²) in [5.74, 6) is 0.151. The highest BCUT2D eigenvalue weighted by atomic mass is 16.2. The zero-order valence-electron chi connectivity index (χ0n) is 14.8. The van der Waals surface area contributed by atoms with Crippen LogP contribution in [-0.4, -0.2) is 24.4 Å². The zero-order chi connectivity index (χ0) is 17.4. The molecule has 0 heterocycles. The average Bonchev–Trinajstić information content (AvgIpc) is 3.12. The summed E-state index contributed by atoms with van der Waals surface area (Å²) in [6.07, 6.45) is 1.53. The van der Waals surface area contributed by atoms with Gasteiger partial charge < -0.3 is 10.6 Å². The molecule has 2 aromatic rings. The van der Waals surface area contributed by atoms with Gasteiger partial charge in [-0.2, -0.15) is 0 Å². The average molecular weight is 322 g/mol. The molecule has 24 heavy (non-hydrogen) atoms. The lowest BCUT2D eigenvalue weighted by Crippen LogP contribution is -2.37. The number of anilines is 1. The summed E-state index contributed by atoms with van der Waals surface area (Å²) in [4.78, 5) is 14.5. The fourth-order valence-corrected chi connectivity index (χ4v) is 3.76. The van der Waals surface area contributed by atoms with E-state index in [9.17, 15) is 4.79 Å². The Balaban J connectivity index is 1.72. The summed E-state index contributed by atoms with van der Waals surface area (Å²) >= 11 is 0. The number of nitrogens with two attached hydrogens (primary N) is 1. The molecule has 0 bridgehead atoms. The first-order valence-corrected chi connectivity index (χ1v) is 8.48. The van der Waals surface area contributed by atoms with E-state index in [0.717, 1.165) is 24.2 Å². The Hall–Kier alpha value is -2.29. The Labute approximate surface area is 144 Å². The molecule has 1 aliphatic carbocycles. The van der Waals surface area contributed by atoms with Crippen LogP contribution in [-0.2, 0) is 16.6 Å². The Kier molecular flexibility index (Phi) is 4.12. The van der Waals surface area contributed by atoms with E-state index < -0.39 is 0 Å². The number of amides is 1. The van der Waals surface area contributed by atoms with Crippen molar-refractivity contribution in [2.75, 3.05) is 19.3 Å². The van der Waals surface area contributed by atoms with Gasteiger partial charge in [0.1, 0.15) is 0 Å². The third-order valence-corrected chi connectivity index (χ3v) is 5.51. The number of likely N-dealkylation sites (N-methyl/N-ethyl adjacent to an activating group) is 1. The molecule has 0 saturated heterocycles. The molecule has 1 saturated carbocycles. The fraction of sp³-hybridized carbons (Fsp3) is 0.381. The van der Waals surface area contributed by atoms with Crippen LogP contribution in [0.2, 0.25) is 0 Å². The van der Waals surface area contributed by atoms with E-state index in [-0.39, 0.29) is 16.7 Å². The van der Waals surface area contributed by atoms with Crippen LogP contribution in [0.1, 0.15) is 31.4 Å². The maximum atomic E-state index is 12.6. The highest BCUT2D eigenvalue weighted by molar-refractivity contribution is 5.79. The molecule has 3 nitrogen and oxygen atoms in total. The molecule has 1 amide bonds. The molecule has 3 rings (SSSR count). The maximum Gasteiger partial charge on any atom is 0.226 e. The monoisotopic (exact) mass is 322 g/mol. The molecule has 1 unspecified atom stereocenters. The Morgan fingerprint density at radius 3 is 2.21 bits per heavy atom. The van der Waals surface area contributed by atoms with Gasteiger partial charge in [0.2, 0.25) is 5.91 Å². The standard InChI is InChI=1S/C21H26N2O/c1-20(2)14-21(20,17-7-5-4-6-8-17)15-23(3)19(24)13-16-9-11-18(22)12-10-16/h4-12H,13-15,22H2,1-3H3. The summed E-state index contributed by atoms with van der Waals surface area (Å²) in [6.45, 7) is 5.34. The third kappa shape index (κ3) is 3.03. The molecule has 0 aliphatic heterocycles. The minimum Gasteiger partial charge on any atom is -0.399 e. The van der Waals surface area contributed by atoms with Gasteiger partial charge >= 0.3 is 0 Å². The number of benzene rings is 2. The van der Waals surface area contributed by atoms with Gasteiger partial charge in [-0.3, -0.25) is 4.79 Å². The lowest BCUT2D eigenvalue weighted by atomic mass is 9.87. The smallest absolute Gasteiger partial charge is 0.226 e. The molecule has 0 radical (unpaired) electrons. The van der Waals surface area contributed by atoms with Crippen LogP contribution < -0.4 is 5.73 Å². The first kappa shape index (κ1) is 16.6. The normalized spacial score (nSPS) is 21.3. The van der Waals surface area contributed by atoms with Gasteiger partial charge in [-0.1, -0.05) is 56.3 Å². The molecule has 126 valence electrons. The number of carbonyl (C=O) groups excluding carboxylic acids is 1. The molecule has 1 fully saturated rings. The highest BCUT2D eigenvalue weighted by Gasteiger charge is 2.62. The number of rotatable bonds is 5. The second kappa shape index (κ2) is 5.97. The van der Waals surface area contributed by atoms with Crippen LogP contribution in [0.25, 0.3) is 0 Å². The minimum absolute atomic E-state index is 0.0692. The van der Waals surface area contributed by atoms with Crippen LogP contribution in [0.15, 0.2) is 54.6 Å². The van der Waals surface area contributed by atoms with E-state index in [1.165, 1.54) is 5.56 Å². The van der Waals surface area contributed by atoms with Gasteiger partial charge in [-0.15, -0.1) is 0 Å². The van der Waals surface area contributed by atoms with Crippen molar-refractivity contribution < 1.29 is 4.79 Å². The van der Waals surface area contributed by atoms with Crippen LogP contribution in [0.3, 0.4) is 0 Å². The summed E-state index contributed by atoms with van der Waals surface area (Å²) in [7, 11) is 1.92. The molecule has 3 heteroatoms. The van der Waals surface area contributed by atoms with E-state index in [1.807, 2.05) is 42.3 Å². The molecule has 2 aromatic carbocycles. The maximum absolute atomic E-state index is 12.6. The number of carbonyl (C=O) groups is 1. The van der Waals surface area contributed by atoms with Crippen molar-refractivity contribution in [3.63, 3.8) is 0 Å². The Bertz CT molecular complexity index is 721. The van der Waals surface area contributed by atoms with Crippen molar-refractivity contribution in [3.8, 4) is 0 Å². The molecular weight excluding hydrogens is 296 g/mol. The van der Waals surface area contributed by atoms with E-state index >= 15 is 0 Å². The van der Waals surface area contributed by atoms with Crippen molar-refractivity contribution in [2.45, 2.75) is 32.1 Å². The van der Waals surface area contributed by atoms with Crippen molar-refractivity contribution in [3.05, 3.63) is 65.7 Å². The van der Waals surface area contributed by atoms with Crippen molar-refractivity contribution >= 4 is 11.6 Å². The fourth-order valence-electron chi connectivity index (χ4n) is 3.76. The van der Waals surface area contributed by atoms with E-state index in [0.29, 0.717) is 6.42 Å². The van der Waals surface area contributed by atoms with E-state index in [4.69, 9.17) is 5.73 Å². The van der Waals surface area contributed by atoms with E-state index in [1.54, 1.807) is 0 Å². The van der Waals surface area contributed by atoms with Gasteiger partial charge in [0.25, 0.3) is 0 Å². The van der Waals surface area contributed by atoms with Crippen molar-refractivity contribution in [1.82, 2.24) is 4.90 Å². The first-order valence-electron chi connectivity index (χ1n) is 8.48. The van der Waals surface area contributed by atoms with Crippen molar-refractivity contribution in [1.29, 1.82) is 0 Å². The quantitative estimate of drug-likeness (QED) is 0.854. The molecule has 0 spiro atoms. The Morgan fingerprint density at radius 2 is 1.67 bits per heavy atom. The number of hydrogen-bond donors (Lipinski definition) is 1. The molecule has 2 N–H and O–H groups in total. The number of nitrogen functional groups attached to an aromatic ring is 1. The van der Waals surface area contributed by atoms with Gasteiger partial charge in [0.05, 0.1) is 6.42 Å². The summed E-state index contributed by atoms with van der Waals surface area (Å²) in [6, 6.07) is 18.1. The van der Waals surface area contributed by atoms with Gasteiger partial charge in [-0.05, 0) is 35.1 Å². The third-order valence-electron chi connectivity index (χ3n) is 5.51. The van der Waals surface area contributed by atoms with Crippen LogP contribution >= 0.6 is 0 Å². The highest BCUT2D eigenvalue weighted by Crippen LogP contribution is 2.64. The summed E-state index contributed by atoms with van der Waals surface area (Å²) in [5, 5.41) is 0. The Morgan fingerprint density at radius 1 is 1.08 bits per heavy atom. The predicted molar refractivity (Wildman–Crippen MR) is 98.7 cm³/mol. The van der Waals surface area contributed by atoms with Crippen molar-refractivity contribution in [2.24, 2.45) is 5.41 Å². The molecule has 1 atom stereocenters. The topological polar surface area (TPSA) is 46.3 Å². The van der Waals surface area contributed by atoms with Gasteiger partial charge in [-0.25, -0.2) is 0 Å². The number of hydrogen-bond acceptors (Lipinski definition) is 2. The molecule has 0 aromatic heterocycles. The molecular formula is C21H26N2O. The second-order valence-corrected chi connectivity index (χ2v) is 7.68. The second-order valence-electron chi connectivity index (χ2n) is 7.68. The van der Waals surface area contributed by atoms with Crippen LogP contribution in [0, 0.1) is 5.41 Å². The van der Waals surface area contributed by atoms with E-state index in [2.05, 4.69) is 38.1 Å². The van der Waals surface area contributed by atoms with Crippen LogP contribution in [0.4, 0.5) is 5.69 Å². The zero-order valence-corrected chi connectivity index (χ0v) is 14.8. The van der Waals surface area contributed by atoms with Gasteiger partial charge in [0.15, 0.2) is 0 Å².